The van der Waals surface area contributed by atoms with Gasteiger partial charge in [0, 0.05) is 24.5 Å². The van der Waals surface area contributed by atoms with Crippen LogP contribution in [0.4, 0.5) is 0 Å². The van der Waals surface area contributed by atoms with E-state index in [1.165, 1.54) is 17.2 Å². The SMILES string of the molecule is Cc1cc(=O)c(C(=O)N2CCCC[C@@H]2C(=O)O)c[nH]1. The fraction of sp³-hybridized carbons (Fsp3) is 0.462. The molecule has 102 valence electrons. The lowest BCUT2D eigenvalue weighted by atomic mass is 10.0. The Hall–Kier alpha value is -2.11. The molecule has 1 aromatic rings. The maximum Gasteiger partial charge on any atom is 0.326 e. The number of hydrogen-bond donors (Lipinski definition) is 2. The summed E-state index contributed by atoms with van der Waals surface area (Å²) in [5.74, 6) is -1.52. The van der Waals surface area contributed by atoms with E-state index in [0.29, 0.717) is 18.7 Å². The van der Waals surface area contributed by atoms with Gasteiger partial charge >= 0.3 is 5.97 Å². The summed E-state index contributed by atoms with van der Waals surface area (Å²) < 4.78 is 0. The predicted octanol–water partition coefficient (Wildman–Crippen LogP) is 0.763. The quantitative estimate of drug-likeness (QED) is 0.825. The highest BCUT2D eigenvalue weighted by Gasteiger charge is 2.33. The van der Waals surface area contributed by atoms with Gasteiger partial charge in [-0.15, -0.1) is 0 Å². The number of H-pyrrole nitrogens is 1. The van der Waals surface area contributed by atoms with E-state index in [0.717, 1.165) is 12.8 Å². The lowest BCUT2D eigenvalue weighted by Gasteiger charge is -2.32. The fourth-order valence-electron chi connectivity index (χ4n) is 2.33. The highest BCUT2D eigenvalue weighted by Crippen LogP contribution is 2.19. The first kappa shape index (κ1) is 13.3. The monoisotopic (exact) mass is 264 g/mol. The number of nitrogens with one attached hydrogen (secondary N) is 1. The molecule has 19 heavy (non-hydrogen) atoms. The Kier molecular flexibility index (Phi) is 3.69. The molecule has 0 aliphatic carbocycles. The van der Waals surface area contributed by atoms with Crippen molar-refractivity contribution in [3.05, 3.63) is 33.7 Å². The van der Waals surface area contributed by atoms with Crippen LogP contribution >= 0.6 is 0 Å². The van der Waals surface area contributed by atoms with Crippen LogP contribution in [0.2, 0.25) is 0 Å². The molecule has 6 heteroatoms. The lowest BCUT2D eigenvalue weighted by molar-refractivity contribution is -0.143. The van der Waals surface area contributed by atoms with Crippen LogP contribution in [0.5, 0.6) is 0 Å². The van der Waals surface area contributed by atoms with Crippen molar-refractivity contribution in [3.63, 3.8) is 0 Å². The maximum absolute atomic E-state index is 12.3. The minimum absolute atomic E-state index is 0.00116. The predicted molar refractivity (Wildman–Crippen MR) is 68.1 cm³/mol. The molecule has 1 aliphatic heterocycles. The van der Waals surface area contributed by atoms with Gasteiger partial charge in [-0.2, -0.15) is 0 Å². The largest absolute Gasteiger partial charge is 0.480 e. The first-order valence-electron chi connectivity index (χ1n) is 6.24. The third-order valence-electron chi connectivity index (χ3n) is 3.34. The summed E-state index contributed by atoms with van der Waals surface area (Å²) in [5.41, 5.74) is 0.282. The van der Waals surface area contributed by atoms with E-state index < -0.39 is 17.9 Å². The van der Waals surface area contributed by atoms with Gasteiger partial charge in [0.05, 0.1) is 0 Å². The molecule has 0 radical (unpaired) electrons. The van der Waals surface area contributed by atoms with Crippen molar-refractivity contribution in [3.8, 4) is 0 Å². The number of nitrogens with zero attached hydrogens (tertiary/aromatic N) is 1. The van der Waals surface area contributed by atoms with Crippen LogP contribution in [-0.2, 0) is 4.79 Å². The van der Waals surface area contributed by atoms with Crippen LogP contribution in [0.3, 0.4) is 0 Å². The Morgan fingerprint density at radius 1 is 1.42 bits per heavy atom. The number of aryl methyl sites for hydroxylation is 1. The van der Waals surface area contributed by atoms with Crippen LogP contribution in [0.15, 0.2) is 17.1 Å². The van der Waals surface area contributed by atoms with Crippen molar-refractivity contribution in [1.82, 2.24) is 9.88 Å². The summed E-state index contributed by atoms with van der Waals surface area (Å²) in [7, 11) is 0. The number of rotatable bonds is 2. The van der Waals surface area contributed by atoms with E-state index in [9.17, 15) is 14.4 Å². The van der Waals surface area contributed by atoms with Crippen LogP contribution in [0, 0.1) is 6.92 Å². The molecule has 0 bridgehead atoms. The van der Waals surface area contributed by atoms with E-state index in [2.05, 4.69) is 4.98 Å². The van der Waals surface area contributed by atoms with Gasteiger partial charge in [-0.3, -0.25) is 9.59 Å². The number of aromatic nitrogens is 1. The molecule has 1 atom stereocenters. The topological polar surface area (TPSA) is 90.5 Å². The van der Waals surface area contributed by atoms with Crippen molar-refractivity contribution in [2.24, 2.45) is 0 Å². The van der Waals surface area contributed by atoms with Gasteiger partial charge < -0.3 is 15.0 Å². The molecule has 1 aliphatic rings. The highest BCUT2D eigenvalue weighted by atomic mass is 16.4. The second kappa shape index (κ2) is 5.26. The number of hydrogen-bond acceptors (Lipinski definition) is 3. The molecule has 1 aromatic heterocycles. The molecule has 6 nitrogen and oxygen atoms in total. The number of carboxylic acid groups (broad SMARTS) is 1. The average molecular weight is 264 g/mol. The van der Waals surface area contributed by atoms with Gasteiger partial charge in [0.15, 0.2) is 5.43 Å². The van der Waals surface area contributed by atoms with E-state index >= 15 is 0 Å². The second-order valence-corrected chi connectivity index (χ2v) is 4.74. The zero-order chi connectivity index (χ0) is 14.0. The maximum atomic E-state index is 12.3. The van der Waals surface area contributed by atoms with Crippen molar-refractivity contribution in [2.45, 2.75) is 32.2 Å². The van der Waals surface area contributed by atoms with Crippen molar-refractivity contribution >= 4 is 11.9 Å². The van der Waals surface area contributed by atoms with Gasteiger partial charge in [0.2, 0.25) is 0 Å². The Bertz CT molecular complexity index is 564. The smallest absolute Gasteiger partial charge is 0.326 e. The molecule has 2 N–H and O–H groups in total. The number of piperidine rings is 1. The minimum atomic E-state index is -1.02. The van der Waals surface area contributed by atoms with Gasteiger partial charge in [-0.05, 0) is 26.2 Å². The number of likely N-dealkylation sites (tertiary alicyclic amines) is 1. The molecule has 1 saturated heterocycles. The van der Waals surface area contributed by atoms with Crippen LogP contribution in [0.25, 0.3) is 0 Å². The Balaban J connectivity index is 2.31. The number of carboxylic acids is 1. The molecule has 2 heterocycles. The highest BCUT2D eigenvalue weighted by molar-refractivity contribution is 5.96. The van der Waals surface area contributed by atoms with Crippen LogP contribution < -0.4 is 5.43 Å². The molecule has 2 rings (SSSR count). The zero-order valence-electron chi connectivity index (χ0n) is 10.7. The number of carbonyl (C=O) groups is 2. The van der Waals surface area contributed by atoms with Crippen LogP contribution in [-0.4, -0.2) is 39.5 Å². The van der Waals surface area contributed by atoms with E-state index in [-0.39, 0.29) is 11.0 Å². The Morgan fingerprint density at radius 2 is 2.16 bits per heavy atom. The van der Waals surface area contributed by atoms with Gasteiger partial charge in [-0.25, -0.2) is 4.79 Å². The molecule has 0 aromatic carbocycles. The number of pyridine rings is 1. The molecule has 0 saturated carbocycles. The molecular weight excluding hydrogens is 248 g/mol. The number of aromatic amines is 1. The van der Waals surface area contributed by atoms with Crippen molar-refractivity contribution < 1.29 is 14.7 Å². The van der Waals surface area contributed by atoms with Crippen molar-refractivity contribution in [2.75, 3.05) is 6.54 Å². The molecule has 0 spiro atoms. The van der Waals surface area contributed by atoms with Crippen LogP contribution in [0.1, 0.15) is 35.3 Å². The number of carbonyl (C=O) groups excluding carboxylic acids is 1. The summed E-state index contributed by atoms with van der Waals surface area (Å²) in [5, 5.41) is 9.14. The summed E-state index contributed by atoms with van der Waals surface area (Å²) in [6.07, 6.45) is 3.34. The van der Waals surface area contributed by atoms with Gasteiger partial charge in [0.25, 0.3) is 5.91 Å². The Labute approximate surface area is 110 Å². The van der Waals surface area contributed by atoms with E-state index in [1.54, 1.807) is 6.92 Å². The first-order valence-corrected chi connectivity index (χ1v) is 6.24. The zero-order valence-corrected chi connectivity index (χ0v) is 10.7. The van der Waals surface area contributed by atoms with Crippen molar-refractivity contribution in [1.29, 1.82) is 0 Å². The third kappa shape index (κ3) is 2.67. The summed E-state index contributed by atoms with van der Waals surface area (Å²) in [4.78, 5) is 39.3. The summed E-state index contributed by atoms with van der Waals surface area (Å²) >= 11 is 0. The van der Waals surface area contributed by atoms with E-state index in [1.807, 2.05) is 0 Å². The number of amides is 1. The number of aliphatic carboxylic acids is 1. The standard InChI is InChI=1S/C13H16N2O4/c1-8-6-11(16)9(7-14-8)12(17)15-5-3-2-4-10(15)13(18)19/h6-7,10H,2-5H2,1H3,(H,14,16)(H,18,19)/t10-/m1/s1. The average Bonchev–Trinajstić information content (AvgIpc) is 2.38. The molecule has 0 unspecified atom stereocenters. The molecule has 1 amide bonds. The first-order chi connectivity index (χ1) is 9.00. The van der Waals surface area contributed by atoms with Gasteiger partial charge in [0.1, 0.15) is 11.6 Å². The normalized spacial score (nSPS) is 19.2. The third-order valence-corrected chi connectivity index (χ3v) is 3.34. The summed E-state index contributed by atoms with van der Waals surface area (Å²) in [6.45, 7) is 2.10. The molecule has 1 fully saturated rings. The minimum Gasteiger partial charge on any atom is -0.480 e. The lowest BCUT2D eigenvalue weighted by Crippen LogP contribution is -2.49. The summed E-state index contributed by atoms with van der Waals surface area (Å²) in [6, 6.07) is 0.509. The van der Waals surface area contributed by atoms with E-state index in [4.69, 9.17) is 5.11 Å². The second-order valence-electron chi connectivity index (χ2n) is 4.74. The Morgan fingerprint density at radius 3 is 2.79 bits per heavy atom. The fourth-order valence-corrected chi connectivity index (χ4v) is 2.33. The van der Waals surface area contributed by atoms with Gasteiger partial charge in [-0.1, -0.05) is 0 Å². The molecular formula is C13H16N2O4.